The third-order valence-corrected chi connectivity index (χ3v) is 12.5. The fourth-order valence-corrected chi connectivity index (χ4v) is 9.86. The number of rotatable bonds is 6. The van der Waals surface area contributed by atoms with Gasteiger partial charge in [0, 0.05) is 40.8 Å². The molecule has 1 aromatic heterocycles. The Labute approximate surface area is 366 Å². The summed E-state index contributed by atoms with van der Waals surface area (Å²) in [4.78, 5) is 12.2. The molecule has 10 rings (SSSR count). The monoisotopic (exact) mass is 808 g/mol. The molecule has 3 heterocycles. The Morgan fingerprint density at radius 2 is 1.10 bits per heavy atom. The van der Waals surface area contributed by atoms with Gasteiger partial charge in [0.05, 0.1) is 22.7 Å². The lowest BCUT2D eigenvalue weighted by Crippen LogP contribution is -2.25. The van der Waals surface area contributed by atoms with Crippen LogP contribution in [0.15, 0.2) is 158 Å². The highest BCUT2D eigenvalue weighted by Gasteiger charge is 2.31. The Balaban J connectivity index is 1.01. The molecular formula is C57H52N4O. The summed E-state index contributed by atoms with van der Waals surface area (Å²) in [5.41, 5.74) is 21.7. The first-order valence-electron chi connectivity index (χ1n) is 21.6. The van der Waals surface area contributed by atoms with Crippen molar-refractivity contribution in [3.05, 3.63) is 191 Å². The van der Waals surface area contributed by atoms with E-state index in [1.807, 2.05) is 12.3 Å². The first kappa shape index (κ1) is 39.1. The minimum atomic E-state index is -0.0416. The van der Waals surface area contributed by atoms with Crippen molar-refractivity contribution < 1.29 is 4.74 Å². The largest absolute Gasteiger partial charge is 0.457 e. The van der Waals surface area contributed by atoms with Crippen LogP contribution in [-0.4, -0.2) is 11.7 Å². The van der Waals surface area contributed by atoms with Gasteiger partial charge in [-0.15, -0.1) is 0 Å². The van der Waals surface area contributed by atoms with Crippen molar-refractivity contribution in [2.75, 3.05) is 21.4 Å². The molecule has 5 heteroatoms. The van der Waals surface area contributed by atoms with E-state index in [9.17, 15) is 0 Å². The number of anilines is 7. The molecule has 0 fully saturated rings. The van der Waals surface area contributed by atoms with Crippen LogP contribution in [0.3, 0.4) is 0 Å². The maximum Gasteiger partial charge on any atom is 0.137 e. The summed E-state index contributed by atoms with van der Waals surface area (Å²) in [5.74, 6) is 2.40. The molecule has 0 unspecified atom stereocenters. The molecule has 0 radical (unpaired) electrons. The summed E-state index contributed by atoms with van der Waals surface area (Å²) in [7, 11) is 0. The standard InChI is InChI=1S/C57H52N4O/c1-36-28-37(2)55(38(3)29-36)41-30-39(4)56(40(5)31-41)60-35-59(51-22-13-14-23-52(51)60)43-16-15-17-44(33-43)62-45-24-25-49-47-19-10-9-18-46(47)48-20-11-12-21-50(48)61(53(49)34-45)54-32-42(26-27-58-54)57(6,7)8/h9-34H,35H2,1-8H3. The molecule has 306 valence electrons. The Bertz CT molecular complexity index is 3000. The van der Waals surface area contributed by atoms with Crippen molar-refractivity contribution in [1.29, 1.82) is 0 Å². The predicted molar refractivity (Wildman–Crippen MR) is 260 cm³/mol. The summed E-state index contributed by atoms with van der Waals surface area (Å²) in [5, 5.41) is 0. The van der Waals surface area contributed by atoms with Crippen molar-refractivity contribution in [2.45, 2.75) is 60.8 Å². The van der Waals surface area contributed by atoms with Gasteiger partial charge in [0.2, 0.25) is 0 Å². The number of benzene rings is 7. The minimum absolute atomic E-state index is 0.0416. The summed E-state index contributed by atoms with van der Waals surface area (Å²) in [6.45, 7) is 18.6. The van der Waals surface area contributed by atoms with Crippen LogP contribution in [0.25, 0.3) is 33.4 Å². The third kappa shape index (κ3) is 6.78. The molecule has 0 saturated heterocycles. The summed E-state index contributed by atoms with van der Waals surface area (Å²) in [6.07, 6.45) is 1.93. The van der Waals surface area contributed by atoms with Crippen LogP contribution in [-0.2, 0) is 5.41 Å². The number of hydrogen-bond acceptors (Lipinski definition) is 5. The van der Waals surface area contributed by atoms with Gasteiger partial charge in [-0.3, -0.25) is 4.90 Å². The second kappa shape index (κ2) is 15.1. The van der Waals surface area contributed by atoms with Gasteiger partial charge in [0.1, 0.15) is 24.0 Å². The Morgan fingerprint density at radius 1 is 0.500 bits per heavy atom. The van der Waals surface area contributed by atoms with Crippen LogP contribution in [0.1, 0.15) is 54.2 Å². The third-order valence-electron chi connectivity index (χ3n) is 12.5. The molecule has 0 bridgehead atoms. The molecule has 7 aromatic carbocycles. The van der Waals surface area contributed by atoms with Crippen LogP contribution in [0.2, 0.25) is 0 Å². The average Bonchev–Trinajstić information content (AvgIpc) is 3.57. The summed E-state index contributed by atoms with van der Waals surface area (Å²) >= 11 is 0. The molecule has 8 aromatic rings. The van der Waals surface area contributed by atoms with E-state index < -0.39 is 0 Å². The predicted octanol–water partition coefficient (Wildman–Crippen LogP) is 15.7. The number of hydrogen-bond donors (Lipinski definition) is 0. The average molecular weight is 809 g/mol. The molecule has 5 nitrogen and oxygen atoms in total. The van der Waals surface area contributed by atoms with Gasteiger partial charge in [0.25, 0.3) is 0 Å². The number of aryl methyl sites for hydroxylation is 5. The van der Waals surface area contributed by atoms with Crippen LogP contribution in [0.5, 0.6) is 11.5 Å². The van der Waals surface area contributed by atoms with E-state index >= 15 is 0 Å². The lowest BCUT2D eigenvalue weighted by molar-refractivity contribution is 0.483. The van der Waals surface area contributed by atoms with Gasteiger partial charge in [0.15, 0.2) is 0 Å². The molecule has 0 atom stereocenters. The number of nitrogens with zero attached hydrogens (tertiary/aromatic N) is 4. The van der Waals surface area contributed by atoms with Gasteiger partial charge in [-0.2, -0.15) is 0 Å². The quantitative estimate of drug-likeness (QED) is 0.167. The lowest BCUT2D eigenvalue weighted by Gasteiger charge is -2.28. The van der Waals surface area contributed by atoms with Crippen LogP contribution in [0.4, 0.5) is 39.9 Å². The molecule has 0 N–H and O–H groups in total. The van der Waals surface area contributed by atoms with Crippen molar-refractivity contribution >= 4 is 39.9 Å². The molecule has 62 heavy (non-hydrogen) atoms. The Kier molecular flexibility index (Phi) is 9.52. The molecule has 2 aliphatic rings. The molecule has 0 spiro atoms. The second-order valence-electron chi connectivity index (χ2n) is 18.0. The first-order valence-corrected chi connectivity index (χ1v) is 21.6. The van der Waals surface area contributed by atoms with Crippen LogP contribution in [0, 0.1) is 34.6 Å². The smallest absolute Gasteiger partial charge is 0.137 e. The van der Waals surface area contributed by atoms with Crippen molar-refractivity contribution in [3.8, 4) is 44.9 Å². The lowest BCUT2D eigenvalue weighted by atomic mass is 9.87. The Morgan fingerprint density at radius 3 is 1.77 bits per heavy atom. The minimum Gasteiger partial charge on any atom is -0.457 e. The zero-order valence-electron chi connectivity index (χ0n) is 36.9. The number of ether oxygens (including phenoxy) is 1. The number of fused-ring (bicyclic) bond motifs is 6. The van der Waals surface area contributed by atoms with Crippen molar-refractivity contribution in [1.82, 2.24) is 4.98 Å². The van der Waals surface area contributed by atoms with E-state index in [-0.39, 0.29) is 5.41 Å². The van der Waals surface area contributed by atoms with Crippen molar-refractivity contribution in [3.63, 3.8) is 0 Å². The fourth-order valence-electron chi connectivity index (χ4n) is 9.86. The normalized spacial score (nSPS) is 13.0. The van der Waals surface area contributed by atoms with E-state index in [4.69, 9.17) is 9.72 Å². The van der Waals surface area contributed by atoms with E-state index in [0.29, 0.717) is 6.67 Å². The van der Waals surface area contributed by atoms with Gasteiger partial charge in [-0.05, 0) is 157 Å². The van der Waals surface area contributed by atoms with E-state index in [1.54, 1.807) is 0 Å². The van der Waals surface area contributed by atoms with Gasteiger partial charge < -0.3 is 14.5 Å². The number of aromatic nitrogens is 1. The van der Waals surface area contributed by atoms with Gasteiger partial charge >= 0.3 is 0 Å². The number of pyridine rings is 1. The number of para-hydroxylation sites is 3. The summed E-state index contributed by atoms with van der Waals surface area (Å²) in [6, 6.07) is 54.7. The molecule has 0 amide bonds. The van der Waals surface area contributed by atoms with Crippen LogP contribution < -0.4 is 19.4 Å². The van der Waals surface area contributed by atoms with Gasteiger partial charge in [-0.25, -0.2) is 4.98 Å². The van der Waals surface area contributed by atoms with Crippen LogP contribution >= 0.6 is 0 Å². The zero-order valence-corrected chi connectivity index (χ0v) is 36.9. The highest BCUT2D eigenvalue weighted by atomic mass is 16.5. The molecular weight excluding hydrogens is 757 g/mol. The first-order chi connectivity index (χ1) is 29.9. The van der Waals surface area contributed by atoms with E-state index in [1.165, 1.54) is 72.7 Å². The SMILES string of the molecule is Cc1cc(C)c(-c2cc(C)c(N3CN(c4cccc(Oc5ccc6c(c5)N(c5cc(C(C)(C)C)ccn5)c5ccccc5-c5ccccc5-6)c4)c4ccccc43)c(C)c2)c(C)c1. The van der Waals surface area contributed by atoms with Gasteiger partial charge in [-0.1, -0.05) is 99.1 Å². The topological polar surface area (TPSA) is 31.8 Å². The maximum atomic E-state index is 6.86. The second-order valence-corrected chi connectivity index (χ2v) is 18.0. The zero-order chi connectivity index (χ0) is 42.9. The van der Waals surface area contributed by atoms with Crippen molar-refractivity contribution in [2.24, 2.45) is 0 Å². The van der Waals surface area contributed by atoms with E-state index in [2.05, 4.69) is 216 Å². The molecule has 0 saturated carbocycles. The Hall–Kier alpha value is -7.11. The maximum absolute atomic E-state index is 6.86. The highest BCUT2D eigenvalue weighted by Crippen LogP contribution is 2.52. The molecule has 0 aliphatic carbocycles. The fraction of sp³-hybridized carbons (Fsp3) is 0.175. The molecule has 2 aliphatic heterocycles. The highest BCUT2D eigenvalue weighted by molar-refractivity contribution is 6.02. The van der Waals surface area contributed by atoms with E-state index in [0.717, 1.165) is 45.5 Å². The summed E-state index contributed by atoms with van der Waals surface area (Å²) < 4.78 is 6.86.